The van der Waals surface area contributed by atoms with Crippen molar-refractivity contribution in [1.29, 1.82) is 0 Å². The van der Waals surface area contributed by atoms with Crippen LogP contribution in [0.15, 0.2) is 17.2 Å². The lowest BCUT2D eigenvalue weighted by Crippen LogP contribution is -2.51. The van der Waals surface area contributed by atoms with Crippen LogP contribution in [-0.4, -0.2) is 35.2 Å². The maximum Gasteiger partial charge on any atom is 0.293 e. The fraction of sp³-hybridized carbons (Fsp3) is 0.714. The molecule has 1 N–H and O–H groups in total. The molecule has 0 aromatic carbocycles. The van der Waals surface area contributed by atoms with Crippen molar-refractivity contribution in [3.05, 3.63) is 22.7 Å². The van der Waals surface area contributed by atoms with Crippen LogP contribution in [0, 0.1) is 0 Å². The van der Waals surface area contributed by atoms with Gasteiger partial charge in [0, 0.05) is 37.1 Å². The number of hydrogen-bond acceptors (Lipinski definition) is 4. The van der Waals surface area contributed by atoms with Gasteiger partial charge in [-0.2, -0.15) is 0 Å². The summed E-state index contributed by atoms with van der Waals surface area (Å²) in [6.07, 6.45) is 5.54. The monoisotopic (exact) mass is 264 g/mol. The zero-order valence-electron chi connectivity index (χ0n) is 12.3. The number of piperidine rings is 1. The van der Waals surface area contributed by atoms with Crippen molar-refractivity contribution in [3.8, 4) is 0 Å². The first-order chi connectivity index (χ1) is 8.97. The molecule has 5 heteroatoms. The van der Waals surface area contributed by atoms with Gasteiger partial charge in [-0.3, -0.25) is 4.79 Å². The van der Waals surface area contributed by atoms with Gasteiger partial charge in [0.2, 0.25) is 0 Å². The van der Waals surface area contributed by atoms with Gasteiger partial charge in [-0.15, -0.1) is 0 Å². The highest BCUT2D eigenvalue weighted by Crippen LogP contribution is 2.23. The molecule has 1 aromatic heterocycles. The molecule has 1 aliphatic heterocycles. The Kier molecular flexibility index (Phi) is 3.94. The number of aromatic nitrogens is 2. The first-order valence-corrected chi connectivity index (χ1v) is 6.98. The Hall–Kier alpha value is -1.36. The van der Waals surface area contributed by atoms with Gasteiger partial charge >= 0.3 is 0 Å². The van der Waals surface area contributed by atoms with Crippen molar-refractivity contribution >= 4 is 5.82 Å². The highest BCUT2D eigenvalue weighted by Gasteiger charge is 2.29. The minimum Gasteiger partial charge on any atom is -0.352 e. The Morgan fingerprint density at radius 3 is 2.53 bits per heavy atom. The van der Waals surface area contributed by atoms with E-state index in [0.717, 1.165) is 25.9 Å². The topological polar surface area (TPSA) is 50.2 Å². The van der Waals surface area contributed by atoms with Gasteiger partial charge in [0.15, 0.2) is 5.82 Å². The molecule has 1 aliphatic rings. The van der Waals surface area contributed by atoms with Crippen LogP contribution in [0.5, 0.6) is 0 Å². The van der Waals surface area contributed by atoms with Crippen LogP contribution in [0.25, 0.3) is 0 Å². The number of anilines is 1. The van der Waals surface area contributed by atoms with E-state index in [1.54, 1.807) is 17.0 Å². The average Bonchev–Trinajstić information content (AvgIpc) is 2.40. The highest BCUT2D eigenvalue weighted by molar-refractivity contribution is 5.36. The van der Waals surface area contributed by atoms with Crippen molar-refractivity contribution < 1.29 is 0 Å². The number of nitrogens with zero attached hydrogens (tertiary/aromatic N) is 3. The van der Waals surface area contributed by atoms with Crippen LogP contribution >= 0.6 is 0 Å². The average molecular weight is 264 g/mol. The van der Waals surface area contributed by atoms with E-state index >= 15 is 0 Å². The lowest BCUT2D eigenvalue weighted by atomic mass is 9.90. The summed E-state index contributed by atoms with van der Waals surface area (Å²) in [5.41, 5.74) is 0.202. The van der Waals surface area contributed by atoms with E-state index in [1.165, 1.54) is 0 Å². The standard InChI is InChI=1S/C14H24N4O/c1-11(2)18-10-7-16-12(13(18)19)17-8-5-14(3,15-4)6-9-17/h7,10-11,15H,5-6,8-9H2,1-4H3. The third-order valence-corrected chi connectivity index (χ3v) is 4.18. The summed E-state index contributed by atoms with van der Waals surface area (Å²) in [5.74, 6) is 0.592. The Labute approximate surface area is 114 Å². The van der Waals surface area contributed by atoms with Crippen molar-refractivity contribution in [3.63, 3.8) is 0 Å². The summed E-state index contributed by atoms with van der Waals surface area (Å²) >= 11 is 0. The normalized spacial score (nSPS) is 18.9. The Morgan fingerprint density at radius 1 is 1.37 bits per heavy atom. The molecule has 1 aromatic rings. The van der Waals surface area contributed by atoms with Gasteiger partial charge in [0.1, 0.15) is 0 Å². The molecule has 2 heterocycles. The fourth-order valence-corrected chi connectivity index (χ4v) is 2.50. The van der Waals surface area contributed by atoms with Gasteiger partial charge in [0.25, 0.3) is 5.56 Å². The Balaban J connectivity index is 2.21. The van der Waals surface area contributed by atoms with Crippen LogP contribution in [-0.2, 0) is 0 Å². The lowest BCUT2D eigenvalue weighted by molar-refractivity contribution is 0.304. The van der Waals surface area contributed by atoms with Crippen LogP contribution in [0.3, 0.4) is 0 Å². The summed E-state index contributed by atoms with van der Waals surface area (Å²) in [6.45, 7) is 8.01. The predicted molar refractivity (Wildman–Crippen MR) is 77.8 cm³/mol. The first kappa shape index (κ1) is 14.1. The number of hydrogen-bond donors (Lipinski definition) is 1. The molecule has 106 valence electrons. The molecule has 0 bridgehead atoms. The Bertz CT molecular complexity index is 486. The largest absolute Gasteiger partial charge is 0.352 e. The second-order valence-corrected chi connectivity index (χ2v) is 5.85. The Morgan fingerprint density at radius 2 is 2.00 bits per heavy atom. The molecular formula is C14H24N4O. The highest BCUT2D eigenvalue weighted by atomic mass is 16.1. The van der Waals surface area contributed by atoms with Crippen LogP contribution in [0.4, 0.5) is 5.82 Å². The lowest BCUT2D eigenvalue weighted by Gasteiger charge is -2.39. The summed E-state index contributed by atoms with van der Waals surface area (Å²) in [6, 6.07) is 0.168. The van der Waals surface area contributed by atoms with Crippen molar-refractivity contribution in [2.75, 3.05) is 25.0 Å². The van der Waals surface area contributed by atoms with E-state index < -0.39 is 0 Å². The third kappa shape index (κ3) is 2.81. The molecule has 1 saturated heterocycles. The minimum atomic E-state index is 0.0190. The SMILES string of the molecule is CNC1(C)CCN(c2nccn(C(C)C)c2=O)CC1. The smallest absolute Gasteiger partial charge is 0.293 e. The van der Waals surface area contributed by atoms with Gasteiger partial charge in [-0.25, -0.2) is 4.98 Å². The fourth-order valence-electron chi connectivity index (χ4n) is 2.50. The second kappa shape index (κ2) is 5.33. The molecule has 0 radical (unpaired) electrons. The van der Waals surface area contributed by atoms with Crippen LogP contribution in [0.2, 0.25) is 0 Å². The van der Waals surface area contributed by atoms with Crippen molar-refractivity contribution in [1.82, 2.24) is 14.9 Å². The maximum absolute atomic E-state index is 12.4. The molecule has 0 saturated carbocycles. The zero-order chi connectivity index (χ0) is 14.0. The number of rotatable bonds is 3. The predicted octanol–water partition coefficient (Wildman–Crippen LogP) is 1.40. The van der Waals surface area contributed by atoms with Crippen LogP contribution in [0.1, 0.15) is 39.7 Å². The van der Waals surface area contributed by atoms with Gasteiger partial charge in [-0.1, -0.05) is 0 Å². The van der Waals surface area contributed by atoms with Crippen molar-refractivity contribution in [2.45, 2.75) is 45.2 Å². The van der Waals surface area contributed by atoms with E-state index in [2.05, 4.69) is 22.1 Å². The molecule has 0 unspecified atom stereocenters. The molecule has 19 heavy (non-hydrogen) atoms. The molecule has 0 aliphatic carbocycles. The van der Waals surface area contributed by atoms with E-state index in [4.69, 9.17) is 0 Å². The number of nitrogens with one attached hydrogen (secondary N) is 1. The molecule has 2 rings (SSSR count). The molecule has 5 nitrogen and oxygen atoms in total. The minimum absolute atomic E-state index is 0.0190. The summed E-state index contributed by atoms with van der Waals surface area (Å²) in [4.78, 5) is 18.8. The van der Waals surface area contributed by atoms with E-state index in [1.807, 2.05) is 20.9 Å². The molecule has 0 spiro atoms. The van der Waals surface area contributed by atoms with Crippen molar-refractivity contribution in [2.24, 2.45) is 0 Å². The summed E-state index contributed by atoms with van der Waals surface area (Å²) < 4.78 is 1.74. The van der Waals surface area contributed by atoms with E-state index in [0.29, 0.717) is 5.82 Å². The zero-order valence-corrected chi connectivity index (χ0v) is 12.3. The maximum atomic E-state index is 12.4. The third-order valence-electron chi connectivity index (χ3n) is 4.18. The first-order valence-electron chi connectivity index (χ1n) is 6.98. The van der Waals surface area contributed by atoms with E-state index in [-0.39, 0.29) is 17.1 Å². The second-order valence-electron chi connectivity index (χ2n) is 5.85. The molecule has 0 amide bonds. The quantitative estimate of drug-likeness (QED) is 0.896. The van der Waals surface area contributed by atoms with Gasteiger partial charge in [-0.05, 0) is 40.7 Å². The molecule has 1 fully saturated rings. The van der Waals surface area contributed by atoms with E-state index in [9.17, 15) is 4.79 Å². The van der Waals surface area contributed by atoms with Gasteiger partial charge in [0.05, 0.1) is 0 Å². The van der Waals surface area contributed by atoms with Crippen LogP contribution < -0.4 is 15.8 Å². The summed E-state index contributed by atoms with van der Waals surface area (Å²) in [5, 5.41) is 3.37. The molecule has 0 atom stereocenters. The van der Waals surface area contributed by atoms with Gasteiger partial charge < -0.3 is 14.8 Å². The molecular weight excluding hydrogens is 240 g/mol. The summed E-state index contributed by atoms with van der Waals surface area (Å²) in [7, 11) is 2.00.